The number of nitrogen functional groups attached to an aromatic ring is 2. The zero-order chi connectivity index (χ0) is 31.0. The monoisotopic (exact) mass is 608 g/mol. The van der Waals surface area contributed by atoms with E-state index >= 15 is 0 Å². The second kappa shape index (κ2) is 11.3. The van der Waals surface area contributed by atoms with Gasteiger partial charge in [0, 0.05) is 14.1 Å². The Kier molecular flexibility index (Phi) is 7.56. The van der Waals surface area contributed by atoms with Gasteiger partial charge in [-0.2, -0.15) is 29.8 Å². The Bertz CT molecular complexity index is 1790. The molecule has 5 heterocycles. The summed E-state index contributed by atoms with van der Waals surface area (Å²) in [5, 5.41) is 51.6. The van der Waals surface area contributed by atoms with Crippen molar-refractivity contribution in [1.29, 1.82) is 0 Å². The van der Waals surface area contributed by atoms with Gasteiger partial charge in [0.1, 0.15) is 12.2 Å². The highest BCUT2D eigenvalue weighted by atomic mass is 32.1. The maximum Gasteiger partial charge on any atom is 0.343 e. The van der Waals surface area contributed by atoms with Crippen molar-refractivity contribution in [2.75, 3.05) is 25.2 Å². The molecule has 0 amide bonds. The van der Waals surface area contributed by atoms with Gasteiger partial charge in [0.05, 0.1) is 36.5 Å². The number of ketones is 1. The molecule has 0 saturated carbocycles. The Morgan fingerprint density at radius 3 is 1.79 bits per heavy atom. The van der Waals surface area contributed by atoms with E-state index in [1.54, 1.807) is 27.9 Å². The molecule has 0 aliphatic carbocycles. The summed E-state index contributed by atoms with van der Waals surface area (Å²) in [4.78, 5) is 24.0. The number of aromatic nitrogens is 10. The number of azo groups is 2. The lowest BCUT2D eigenvalue weighted by Gasteiger charge is -1.99. The van der Waals surface area contributed by atoms with Crippen molar-refractivity contribution in [3.63, 3.8) is 0 Å². The second-order valence-electron chi connectivity index (χ2n) is 8.81. The van der Waals surface area contributed by atoms with Crippen LogP contribution in [-0.4, -0.2) is 79.9 Å². The Balaban J connectivity index is 1.43. The zero-order valence-electron chi connectivity index (χ0n) is 23.4. The molecule has 5 aromatic heterocycles. The number of aliphatic hydroxyl groups is 1. The van der Waals surface area contributed by atoms with Crippen LogP contribution in [-0.2, 0) is 18.8 Å². The summed E-state index contributed by atoms with van der Waals surface area (Å²) in [6, 6.07) is 0. The van der Waals surface area contributed by atoms with Crippen LogP contribution in [0.25, 0.3) is 10.3 Å². The SMILES string of the molecule is COC(=O)c1cnn(C)c1N=Nc1c(C)nn(-c2nnc(-n3nc(C)c(N=Nc4c(C(=O)CO)cnn4C)c3N)s2)c1N. The minimum absolute atomic E-state index is 0.109. The molecule has 5 N–H and O–H groups in total. The fraction of sp³-hybridized carbons (Fsp3) is 0.273. The molecule has 0 aliphatic rings. The summed E-state index contributed by atoms with van der Waals surface area (Å²) in [5.41, 5.74) is 14.3. The number of hydrogen-bond donors (Lipinski definition) is 3. The van der Waals surface area contributed by atoms with Gasteiger partial charge in [-0.3, -0.25) is 4.79 Å². The largest absolute Gasteiger partial charge is 0.465 e. The molecule has 0 aromatic carbocycles. The number of rotatable bonds is 9. The van der Waals surface area contributed by atoms with Crippen molar-refractivity contribution in [3.8, 4) is 10.3 Å². The van der Waals surface area contributed by atoms with Gasteiger partial charge in [-0.25, -0.2) is 14.2 Å². The first-order valence-electron chi connectivity index (χ1n) is 12.2. The lowest BCUT2D eigenvalue weighted by Crippen LogP contribution is -2.03. The maximum atomic E-state index is 12.0. The Hall–Kier alpha value is -5.70. The summed E-state index contributed by atoms with van der Waals surface area (Å²) >= 11 is 1.08. The number of methoxy groups -OCH3 is 1. The van der Waals surface area contributed by atoms with Gasteiger partial charge in [0.25, 0.3) is 0 Å². The third kappa shape index (κ3) is 5.12. The molecular weight excluding hydrogens is 584 g/mol. The molecule has 21 heteroatoms. The predicted octanol–water partition coefficient (Wildman–Crippen LogP) is 1.95. The number of Topliss-reactive ketones (excluding diaryl/α,β-unsaturated/α-hetero) is 1. The zero-order valence-corrected chi connectivity index (χ0v) is 24.2. The van der Waals surface area contributed by atoms with Gasteiger partial charge in [-0.05, 0) is 13.8 Å². The molecule has 5 aromatic rings. The van der Waals surface area contributed by atoms with E-state index in [0.29, 0.717) is 11.4 Å². The van der Waals surface area contributed by atoms with E-state index in [9.17, 15) is 14.7 Å². The number of carbonyl (C=O) groups excluding carboxylic acids is 2. The normalized spacial score (nSPS) is 11.8. The fourth-order valence-corrected chi connectivity index (χ4v) is 4.60. The first-order valence-corrected chi connectivity index (χ1v) is 13.0. The van der Waals surface area contributed by atoms with Gasteiger partial charge in [-0.1, -0.05) is 11.3 Å². The van der Waals surface area contributed by atoms with Crippen LogP contribution in [0.15, 0.2) is 32.9 Å². The standard InChI is InChI=1S/C22H24N16O4S/c1-9-14(27-29-18-11(13(40)8-39)6-25-35(18)3)16(23)37(33-9)21-31-32-22(43-21)38-17(24)15(10(2)34-38)28-30-19-12(20(41)42-5)7-26-36(19)4/h6-7,39H,8,23-24H2,1-5H3. The fourth-order valence-electron chi connectivity index (χ4n) is 3.82. The maximum absolute atomic E-state index is 12.0. The van der Waals surface area contributed by atoms with Crippen LogP contribution in [0.1, 0.15) is 32.1 Å². The van der Waals surface area contributed by atoms with Gasteiger partial charge in [0.2, 0.25) is 10.3 Å². The third-order valence-electron chi connectivity index (χ3n) is 6.05. The van der Waals surface area contributed by atoms with E-state index in [1.807, 2.05) is 0 Å². The highest BCUT2D eigenvalue weighted by Crippen LogP contribution is 2.35. The molecule has 0 aliphatic heterocycles. The number of nitrogens with zero attached hydrogens (tertiary/aromatic N) is 14. The molecule has 222 valence electrons. The van der Waals surface area contributed by atoms with E-state index < -0.39 is 18.4 Å². The number of nitrogens with two attached hydrogens (primary N) is 2. The second-order valence-corrected chi connectivity index (χ2v) is 9.75. The highest BCUT2D eigenvalue weighted by molar-refractivity contribution is 7.16. The molecule has 0 radical (unpaired) electrons. The van der Waals surface area contributed by atoms with E-state index in [1.165, 1.54) is 38.2 Å². The van der Waals surface area contributed by atoms with Crippen molar-refractivity contribution in [3.05, 3.63) is 34.9 Å². The Morgan fingerprint density at radius 1 is 0.860 bits per heavy atom. The van der Waals surface area contributed by atoms with Gasteiger partial charge < -0.3 is 21.3 Å². The number of hydrogen-bond acceptors (Lipinski definition) is 17. The molecule has 43 heavy (non-hydrogen) atoms. The topological polar surface area (TPSA) is 262 Å². The molecule has 20 nitrogen and oxygen atoms in total. The first kappa shape index (κ1) is 28.8. The number of aryl methyl sites for hydroxylation is 4. The summed E-state index contributed by atoms with van der Waals surface area (Å²) in [6.45, 7) is 2.66. The van der Waals surface area contributed by atoms with Crippen LogP contribution < -0.4 is 11.5 Å². The number of anilines is 2. The summed E-state index contributed by atoms with van der Waals surface area (Å²) in [7, 11) is 4.44. The van der Waals surface area contributed by atoms with E-state index in [-0.39, 0.29) is 56.0 Å². The molecular formula is C22H24N16O4S. The minimum Gasteiger partial charge on any atom is -0.465 e. The molecule has 0 atom stereocenters. The average Bonchev–Trinajstić information content (AvgIpc) is 3.80. The number of ether oxygens (including phenoxy) is 1. The molecule has 0 unspecified atom stereocenters. The Labute approximate surface area is 245 Å². The van der Waals surface area contributed by atoms with Crippen LogP contribution in [0, 0.1) is 13.8 Å². The van der Waals surface area contributed by atoms with E-state index in [4.69, 9.17) is 16.2 Å². The van der Waals surface area contributed by atoms with Crippen LogP contribution in [0.4, 0.5) is 34.6 Å². The highest BCUT2D eigenvalue weighted by Gasteiger charge is 2.22. The minimum atomic E-state index is -0.696. The van der Waals surface area contributed by atoms with E-state index in [2.05, 4.69) is 51.0 Å². The molecule has 0 spiro atoms. The molecule has 5 rings (SSSR count). The third-order valence-corrected chi connectivity index (χ3v) is 6.92. The summed E-state index contributed by atoms with van der Waals surface area (Å²) in [5.74, 6) is -0.614. The van der Waals surface area contributed by atoms with Crippen molar-refractivity contribution in [2.24, 2.45) is 34.6 Å². The van der Waals surface area contributed by atoms with Crippen LogP contribution in [0.2, 0.25) is 0 Å². The summed E-state index contributed by atoms with van der Waals surface area (Å²) < 4.78 is 10.1. The van der Waals surface area contributed by atoms with Gasteiger partial charge in [0.15, 0.2) is 40.4 Å². The molecule has 0 fully saturated rings. The quantitative estimate of drug-likeness (QED) is 0.123. The number of esters is 1. The van der Waals surface area contributed by atoms with Gasteiger partial charge >= 0.3 is 5.97 Å². The molecule has 0 bridgehead atoms. The lowest BCUT2D eigenvalue weighted by molar-refractivity contribution is 0.0601. The van der Waals surface area contributed by atoms with Crippen LogP contribution >= 0.6 is 11.3 Å². The van der Waals surface area contributed by atoms with Crippen molar-refractivity contribution in [1.82, 2.24) is 49.3 Å². The predicted molar refractivity (Wildman–Crippen MR) is 150 cm³/mol. The number of aliphatic hydroxyl groups excluding tert-OH is 1. The smallest absolute Gasteiger partial charge is 0.343 e. The van der Waals surface area contributed by atoms with Gasteiger partial charge in [-0.15, -0.1) is 30.7 Å². The lowest BCUT2D eigenvalue weighted by atomic mass is 10.2. The molecule has 0 saturated heterocycles. The van der Waals surface area contributed by atoms with Crippen LogP contribution in [0.3, 0.4) is 0 Å². The average molecular weight is 609 g/mol. The summed E-state index contributed by atoms with van der Waals surface area (Å²) in [6.07, 6.45) is 2.62. The Morgan fingerprint density at radius 2 is 1.33 bits per heavy atom. The van der Waals surface area contributed by atoms with Crippen LogP contribution in [0.5, 0.6) is 0 Å². The van der Waals surface area contributed by atoms with E-state index in [0.717, 1.165) is 11.3 Å². The first-order chi connectivity index (χ1) is 20.5. The van der Waals surface area contributed by atoms with Crippen molar-refractivity contribution >= 4 is 57.7 Å². The van der Waals surface area contributed by atoms with Crippen molar-refractivity contribution < 1.29 is 19.4 Å². The van der Waals surface area contributed by atoms with Crippen molar-refractivity contribution in [2.45, 2.75) is 13.8 Å². The number of carbonyl (C=O) groups is 2.